The van der Waals surface area contributed by atoms with Gasteiger partial charge in [-0.2, -0.15) is 0 Å². The second-order valence-electron chi connectivity index (χ2n) is 5.76. The Balaban J connectivity index is 1.68. The molecule has 0 saturated carbocycles. The van der Waals surface area contributed by atoms with Crippen molar-refractivity contribution in [1.82, 2.24) is 9.97 Å². The van der Waals surface area contributed by atoms with Gasteiger partial charge in [0.1, 0.15) is 4.83 Å². The van der Waals surface area contributed by atoms with E-state index in [2.05, 4.69) is 46.4 Å². The van der Waals surface area contributed by atoms with Crippen molar-refractivity contribution < 1.29 is 0 Å². The van der Waals surface area contributed by atoms with Gasteiger partial charge in [-0.15, -0.1) is 11.3 Å². The van der Waals surface area contributed by atoms with Crippen LogP contribution in [0.4, 0.5) is 0 Å². The van der Waals surface area contributed by atoms with E-state index in [0.717, 1.165) is 26.4 Å². The fourth-order valence-corrected chi connectivity index (χ4v) is 4.82. The summed E-state index contributed by atoms with van der Waals surface area (Å²) in [6.07, 6.45) is 0. The predicted octanol–water partition coefficient (Wildman–Crippen LogP) is 5.05. The van der Waals surface area contributed by atoms with Gasteiger partial charge in [0.2, 0.25) is 0 Å². The minimum atomic E-state index is -0.0396. The van der Waals surface area contributed by atoms with E-state index in [1.165, 1.54) is 16.3 Å². The molecule has 2 aromatic carbocycles. The molecular formula is C19H16N2OS2. The molecule has 0 atom stereocenters. The Morgan fingerprint density at radius 2 is 1.92 bits per heavy atom. The van der Waals surface area contributed by atoms with E-state index in [1.807, 2.05) is 19.9 Å². The number of benzene rings is 2. The number of thiophene rings is 1. The van der Waals surface area contributed by atoms with Gasteiger partial charge in [-0.25, -0.2) is 4.98 Å². The lowest BCUT2D eigenvalue weighted by Crippen LogP contribution is -2.08. The number of rotatable bonds is 3. The highest BCUT2D eigenvalue weighted by molar-refractivity contribution is 7.98. The van der Waals surface area contributed by atoms with E-state index in [1.54, 1.807) is 23.1 Å². The van der Waals surface area contributed by atoms with Gasteiger partial charge in [0.05, 0.1) is 5.39 Å². The summed E-state index contributed by atoms with van der Waals surface area (Å²) in [6, 6.07) is 14.7. The molecular weight excluding hydrogens is 336 g/mol. The molecule has 0 aliphatic carbocycles. The van der Waals surface area contributed by atoms with Crippen molar-refractivity contribution in [2.45, 2.75) is 24.8 Å². The average Bonchev–Trinajstić information content (AvgIpc) is 2.87. The summed E-state index contributed by atoms with van der Waals surface area (Å²) < 4.78 is 0. The summed E-state index contributed by atoms with van der Waals surface area (Å²) in [7, 11) is 0. The highest BCUT2D eigenvalue weighted by Gasteiger charge is 2.12. The summed E-state index contributed by atoms with van der Waals surface area (Å²) >= 11 is 3.16. The van der Waals surface area contributed by atoms with Crippen LogP contribution in [-0.2, 0) is 5.75 Å². The molecule has 0 unspecified atom stereocenters. The Kier molecular flexibility index (Phi) is 3.90. The lowest BCUT2D eigenvalue weighted by Gasteiger charge is -2.06. The van der Waals surface area contributed by atoms with Crippen molar-refractivity contribution in [3.63, 3.8) is 0 Å². The Labute approximate surface area is 147 Å². The first-order chi connectivity index (χ1) is 11.6. The number of aromatic amines is 1. The summed E-state index contributed by atoms with van der Waals surface area (Å²) in [6.45, 7) is 4.01. The number of nitrogens with one attached hydrogen (secondary N) is 1. The predicted molar refractivity (Wildman–Crippen MR) is 103 cm³/mol. The molecule has 0 amide bonds. The van der Waals surface area contributed by atoms with Crippen LogP contribution in [0.15, 0.2) is 52.4 Å². The van der Waals surface area contributed by atoms with Crippen molar-refractivity contribution >= 4 is 44.1 Å². The number of H-pyrrole nitrogens is 1. The molecule has 2 aromatic heterocycles. The Hall–Kier alpha value is -2.11. The first-order valence-corrected chi connectivity index (χ1v) is 9.53. The van der Waals surface area contributed by atoms with Crippen LogP contribution in [0.3, 0.4) is 0 Å². The highest BCUT2D eigenvalue weighted by Crippen LogP contribution is 2.29. The number of hydrogen-bond donors (Lipinski definition) is 1. The molecule has 3 nitrogen and oxygen atoms in total. The van der Waals surface area contributed by atoms with E-state index >= 15 is 0 Å². The molecule has 0 bridgehead atoms. The molecule has 5 heteroatoms. The first-order valence-electron chi connectivity index (χ1n) is 7.73. The fraction of sp³-hybridized carbons (Fsp3) is 0.158. The maximum atomic E-state index is 12.4. The van der Waals surface area contributed by atoms with Crippen molar-refractivity contribution in [2.75, 3.05) is 0 Å². The molecule has 120 valence electrons. The van der Waals surface area contributed by atoms with Gasteiger partial charge in [0.15, 0.2) is 5.16 Å². The van der Waals surface area contributed by atoms with Crippen LogP contribution in [0.2, 0.25) is 0 Å². The molecule has 4 rings (SSSR count). The molecule has 2 heterocycles. The second-order valence-corrected chi connectivity index (χ2v) is 7.93. The van der Waals surface area contributed by atoms with Gasteiger partial charge in [-0.05, 0) is 35.7 Å². The number of aromatic nitrogens is 2. The van der Waals surface area contributed by atoms with Crippen LogP contribution in [0.5, 0.6) is 0 Å². The zero-order chi connectivity index (χ0) is 16.7. The van der Waals surface area contributed by atoms with E-state index in [4.69, 9.17) is 0 Å². The molecule has 4 aromatic rings. The van der Waals surface area contributed by atoms with Crippen LogP contribution in [0.1, 0.15) is 16.0 Å². The molecule has 0 aliphatic heterocycles. The standard InChI is InChI=1S/C19H16N2OS2/c1-11-12(2)24-18-16(11)17(22)20-19(21-18)23-10-14-8-5-7-13-6-3-4-9-15(13)14/h3-9H,10H2,1-2H3,(H,20,21,22). The normalized spacial score (nSPS) is 11.4. The Bertz CT molecular complexity index is 1110. The van der Waals surface area contributed by atoms with Crippen LogP contribution < -0.4 is 5.56 Å². The fourth-order valence-electron chi connectivity index (χ4n) is 2.87. The zero-order valence-corrected chi connectivity index (χ0v) is 15.1. The van der Waals surface area contributed by atoms with Gasteiger partial charge >= 0.3 is 0 Å². The molecule has 0 fully saturated rings. The van der Waals surface area contributed by atoms with Crippen LogP contribution in [0, 0.1) is 13.8 Å². The zero-order valence-electron chi connectivity index (χ0n) is 13.4. The lowest BCUT2D eigenvalue weighted by molar-refractivity contribution is 0.978. The third-order valence-corrected chi connectivity index (χ3v) is 6.28. The van der Waals surface area contributed by atoms with E-state index < -0.39 is 0 Å². The highest BCUT2D eigenvalue weighted by atomic mass is 32.2. The lowest BCUT2D eigenvalue weighted by atomic mass is 10.1. The Morgan fingerprint density at radius 1 is 1.12 bits per heavy atom. The molecule has 0 saturated heterocycles. The quantitative estimate of drug-likeness (QED) is 0.415. The first kappa shape index (κ1) is 15.4. The number of nitrogens with zero attached hydrogens (tertiary/aromatic N) is 1. The van der Waals surface area contributed by atoms with Crippen molar-refractivity contribution in [1.29, 1.82) is 0 Å². The number of thioether (sulfide) groups is 1. The van der Waals surface area contributed by atoms with Crippen LogP contribution in [0.25, 0.3) is 21.0 Å². The van der Waals surface area contributed by atoms with E-state index in [-0.39, 0.29) is 5.56 Å². The van der Waals surface area contributed by atoms with Crippen LogP contribution >= 0.6 is 23.1 Å². The van der Waals surface area contributed by atoms with Gasteiger partial charge in [-0.3, -0.25) is 4.79 Å². The third kappa shape index (κ3) is 2.64. The molecule has 1 N–H and O–H groups in total. The van der Waals surface area contributed by atoms with Gasteiger partial charge in [-0.1, -0.05) is 54.2 Å². The largest absolute Gasteiger partial charge is 0.301 e. The van der Waals surface area contributed by atoms with Gasteiger partial charge < -0.3 is 4.98 Å². The number of fused-ring (bicyclic) bond motifs is 2. The average molecular weight is 352 g/mol. The SMILES string of the molecule is Cc1sc2nc(SCc3cccc4ccccc34)[nH]c(=O)c2c1C. The van der Waals surface area contributed by atoms with E-state index in [9.17, 15) is 4.79 Å². The minimum absolute atomic E-state index is 0.0396. The van der Waals surface area contributed by atoms with Gasteiger partial charge in [0.25, 0.3) is 5.56 Å². The maximum absolute atomic E-state index is 12.4. The monoisotopic (exact) mass is 352 g/mol. The maximum Gasteiger partial charge on any atom is 0.260 e. The summed E-state index contributed by atoms with van der Waals surface area (Å²) in [5, 5.41) is 3.89. The Morgan fingerprint density at radius 3 is 2.79 bits per heavy atom. The van der Waals surface area contributed by atoms with Crippen molar-refractivity contribution in [2.24, 2.45) is 0 Å². The summed E-state index contributed by atoms with van der Waals surface area (Å²) in [5.41, 5.74) is 2.25. The van der Waals surface area contributed by atoms with Gasteiger partial charge in [0, 0.05) is 10.6 Å². The smallest absolute Gasteiger partial charge is 0.260 e. The molecule has 0 spiro atoms. The summed E-state index contributed by atoms with van der Waals surface area (Å²) in [5.74, 6) is 0.777. The van der Waals surface area contributed by atoms with Crippen LogP contribution in [-0.4, -0.2) is 9.97 Å². The van der Waals surface area contributed by atoms with E-state index in [0.29, 0.717) is 5.16 Å². The molecule has 0 aliphatic rings. The molecule has 0 radical (unpaired) electrons. The topological polar surface area (TPSA) is 45.8 Å². The summed E-state index contributed by atoms with van der Waals surface area (Å²) in [4.78, 5) is 21.9. The van der Waals surface area contributed by atoms with Crippen molar-refractivity contribution in [3.05, 3.63) is 68.8 Å². The second kappa shape index (κ2) is 6.07. The van der Waals surface area contributed by atoms with Crippen molar-refractivity contribution in [3.8, 4) is 0 Å². The minimum Gasteiger partial charge on any atom is -0.301 e. The molecule has 24 heavy (non-hydrogen) atoms. The third-order valence-electron chi connectivity index (χ3n) is 4.26. The number of aryl methyl sites for hydroxylation is 2. The number of hydrogen-bond acceptors (Lipinski definition) is 4.